The summed E-state index contributed by atoms with van der Waals surface area (Å²) in [6.07, 6.45) is -3.88. The van der Waals surface area contributed by atoms with Crippen LogP contribution in [0.15, 0.2) is 17.3 Å². The highest BCUT2D eigenvalue weighted by atomic mass is 32.5. The number of halogens is 1. The Bertz CT molecular complexity index is 2120. The van der Waals surface area contributed by atoms with E-state index in [9.17, 15) is 14.5 Å². The molecule has 6 heterocycles. The van der Waals surface area contributed by atoms with E-state index in [4.69, 9.17) is 56.2 Å². The molecule has 268 valence electrons. The maximum absolute atomic E-state index is 16.4. The second-order valence-corrected chi connectivity index (χ2v) is 17.1. The van der Waals surface area contributed by atoms with Crippen molar-refractivity contribution < 1.29 is 41.4 Å². The Kier molecular flexibility index (Phi) is 10.8. The molecule has 2 bridgehead atoms. The van der Waals surface area contributed by atoms with Crippen LogP contribution in [0.1, 0.15) is 38.1 Å². The Morgan fingerprint density at radius 1 is 1.26 bits per heavy atom. The van der Waals surface area contributed by atoms with Crippen molar-refractivity contribution in [2.45, 2.75) is 65.0 Å². The fraction of sp³-hybridized carbons (Fsp3) is 0.538. The average Bonchev–Trinajstić information content (AvgIpc) is 3.72. The van der Waals surface area contributed by atoms with Gasteiger partial charge in [-0.15, -0.1) is 0 Å². The number of H-pyrrole nitrogens is 1. The van der Waals surface area contributed by atoms with Gasteiger partial charge in [-0.2, -0.15) is 10.2 Å². The third-order valence-electron chi connectivity index (χ3n) is 7.46. The van der Waals surface area contributed by atoms with E-state index in [1.165, 1.54) is 17.1 Å². The van der Waals surface area contributed by atoms with E-state index in [2.05, 4.69) is 35.2 Å². The number of carbonyl (C=O) groups excluding carboxylic acids is 1. The standard InChI is InChI=1S/C26H31FN10O9P2S2/c1-13(2)23(38)34-26-33-22-19(24(39)35-26)30-12-37(22)25-20-18(27)16(45-25)10-44-48(50,41-7-4-5-28)42-8-6-36-17(11-43-47(40,49)46-20)32-15-9-29-14(3)31-21(15)36/h9,12-13,16,18,20,25H,4,6-8,10-11H2,1-3H3,(H,40,49)(H2,33,34,35,38,39)/t16-,18-,20-,25-,47?,48?/m1/s1. The number of hydrogen-bond acceptors (Lipinski definition) is 16. The molecule has 19 nitrogen and oxygen atoms in total. The number of aryl methyl sites for hydroxylation is 1. The number of imidazole rings is 2. The lowest BCUT2D eigenvalue weighted by atomic mass is 10.1. The molecule has 2 aliphatic heterocycles. The third-order valence-corrected chi connectivity index (χ3v) is 11.4. The fourth-order valence-corrected chi connectivity index (χ4v) is 8.17. The first kappa shape index (κ1) is 36.6. The van der Waals surface area contributed by atoms with Crippen molar-refractivity contribution >= 4 is 71.2 Å². The summed E-state index contributed by atoms with van der Waals surface area (Å²) in [6.45, 7) is -3.82. The summed E-state index contributed by atoms with van der Waals surface area (Å²) in [7, 11) is 0. The van der Waals surface area contributed by atoms with Gasteiger partial charge in [0, 0.05) is 12.5 Å². The van der Waals surface area contributed by atoms with Crippen LogP contribution >= 0.6 is 13.4 Å². The number of anilines is 1. The SMILES string of the molecule is Cc1ncc2nc3n(c2n1)CCOP(=S)(OCCC#N)OC[C@H]1O[C@@H](n2cnc4c(=O)[nH]c(NC(=O)C(C)C)nc42)[C@H](OP(O)(=S)OC3)[C@@H]1F. The number of nitrogens with zero attached hydrogens (tertiary/aromatic N) is 8. The molecular formula is C26H31FN10O9P2S2. The van der Waals surface area contributed by atoms with Gasteiger partial charge >= 0.3 is 13.4 Å². The molecule has 0 aliphatic carbocycles. The maximum Gasteiger partial charge on any atom is 0.327 e. The van der Waals surface area contributed by atoms with Crippen molar-refractivity contribution in [2.75, 3.05) is 25.1 Å². The van der Waals surface area contributed by atoms with Gasteiger partial charge in [-0.25, -0.2) is 24.3 Å². The van der Waals surface area contributed by atoms with Gasteiger partial charge in [0.25, 0.3) is 5.56 Å². The molecule has 50 heavy (non-hydrogen) atoms. The molecule has 1 fully saturated rings. The average molecular weight is 773 g/mol. The van der Waals surface area contributed by atoms with Crippen LogP contribution in [-0.4, -0.2) is 88.0 Å². The predicted molar refractivity (Wildman–Crippen MR) is 179 cm³/mol. The largest absolute Gasteiger partial charge is 0.346 e. The summed E-state index contributed by atoms with van der Waals surface area (Å²) >= 11 is 10.9. The van der Waals surface area contributed by atoms with Crippen molar-refractivity contribution in [3.05, 3.63) is 34.5 Å². The Morgan fingerprint density at radius 2 is 2.06 bits per heavy atom. The molecule has 1 saturated heterocycles. The predicted octanol–water partition coefficient (Wildman–Crippen LogP) is 2.42. The second kappa shape index (κ2) is 14.8. The first-order chi connectivity index (χ1) is 23.8. The zero-order valence-electron chi connectivity index (χ0n) is 26.7. The molecule has 24 heteroatoms. The van der Waals surface area contributed by atoms with Gasteiger partial charge in [0.1, 0.15) is 36.0 Å². The highest BCUT2D eigenvalue weighted by Gasteiger charge is 2.50. The number of aromatic amines is 1. The van der Waals surface area contributed by atoms with E-state index >= 15 is 4.39 Å². The molecule has 0 saturated carbocycles. The number of alkyl halides is 1. The summed E-state index contributed by atoms with van der Waals surface area (Å²) in [6, 6.07) is 1.95. The number of amides is 1. The van der Waals surface area contributed by atoms with E-state index in [0.717, 1.165) is 0 Å². The zero-order chi connectivity index (χ0) is 35.8. The molecule has 6 atom stereocenters. The number of carbonyl (C=O) groups is 1. The number of hydrogen-bond donors (Lipinski definition) is 3. The van der Waals surface area contributed by atoms with Gasteiger partial charge in [0.05, 0.1) is 44.8 Å². The molecule has 0 spiro atoms. The zero-order valence-corrected chi connectivity index (χ0v) is 30.1. The number of ether oxygens (including phenoxy) is 1. The summed E-state index contributed by atoms with van der Waals surface area (Å²) in [5.74, 6) is -0.306. The number of nitrogens with one attached hydrogen (secondary N) is 2. The summed E-state index contributed by atoms with van der Waals surface area (Å²) in [5.41, 5.74) is -0.0949. The highest BCUT2D eigenvalue weighted by molar-refractivity contribution is 8.07. The number of aromatic nitrogens is 8. The minimum absolute atomic E-state index is 0.0147. The summed E-state index contributed by atoms with van der Waals surface area (Å²) in [4.78, 5) is 60.5. The number of fused-ring (bicyclic) bond motifs is 6. The van der Waals surface area contributed by atoms with Crippen LogP contribution < -0.4 is 10.9 Å². The van der Waals surface area contributed by atoms with Crippen LogP contribution in [0.3, 0.4) is 0 Å². The Labute approximate surface area is 293 Å². The minimum Gasteiger partial charge on any atom is -0.346 e. The van der Waals surface area contributed by atoms with Crippen LogP contribution in [0.5, 0.6) is 0 Å². The third kappa shape index (κ3) is 7.83. The molecule has 2 unspecified atom stereocenters. The fourth-order valence-electron chi connectivity index (χ4n) is 5.04. The Hall–Kier alpha value is -3.19. The van der Waals surface area contributed by atoms with E-state index in [-0.39, 0.29) is 55.7 Å². The summed E-state index contributed by atoms with van der Waals surface area (Å²) in [5, 5.41) is 11.6. The first-order valence-electron chi connectivity index (χ1n) is 15.1. The van der Waals surface area contributed by atoms with Gasteiger partial charge in [0.2, 0.25) is 11.9 Å². The van der Waals surface area contributed by atoms with Crippen LogP contribution in [0.25, 0.3) is 22.3 Å². The van der Waals surface area contributed by atoms with Crippen LogP contribution in [0.2, 0.25) is 0 Å². The van der Waals surface area contributed by atoms with E-state index < -0.39 is 62.0 Å². The summed E-state index contributed by atoms with van der Waals surface area (Å²) < 4.78 is 54.3. The van der Waals surface area contributed by atoms with Gasteiger partial charge in [-0.1, -0.05) is 13.8 Å². The molecule has 6 rings (SSSR count). The van der Waals surface area contributed by atoms with Gasteiger partial charge in [-0.05, 0) is 30.5 Å². The van der Waals surface area contributed by atoms with Gasteiger partial charge in [-0.3, -0.25) is 29.0 Å². The van der Waals surface area contributed by atoms with Crippen molar-refractivity contribution in [3.8, 4) is 6.07 Å². The smallest absolute Gasteiger partial charge is 0.327 e. The molecule has 3 N–H and O–H groups in total. The normalized spacial score (nSPS) is 27.9. The lowest BCUT2D eigenvalue weighted by molar-refractivity contribution is -0.118. The molecule has 4 aromatic heterocycles. The van der Waals surface area contributed by atoms with Crippen molar-refractivity contribution in [3.63, 3.8) is 0 Å². The number of nitriles is 1. The topological polar surface area (TPSA) is 236 Å². The lowest BCUT2D eigenvalue weighted by Crippen LogP contribution is -2.32. The monoisotopic (exact) mass is 772 g/mol. The highest BCUT2D eigenvalue weighted by Crippen LogP contribution is 2.53. The van der Waals surface area contributed by atoms with Gasteiger partial charge < -0.3 is 32.3 Å². The molecule has 2 aliphatic rings. The van der Waals surface area contributed by atoms with Gasteiger partial charge in [0.15, 0.2) is 29.2 Å². The van der Waals surface area contributed by atoms with Crippen LogP contribution in [0.4, 0.5) is 10.3 Å². The van der Waals surface area contributed by atoms with E-state index in [1.807, 2.05) is 6.07 Å². The molecule has 4 aromatic rings. The minimum atomic E-state index is -4.25. The van der Waals surface area contributed by atoms with E-state index in [0.29, 0.717) is 17.0 Å². The van der Waals surface area contributed by atoms with Crippen molar-refractivity contribution in [1.82, 2.24) is 39.0 Å². The second-order valence-electron chi connectivity index (χ2n) is 11.3. The Morgan fingerprint density at radius 3 is 2.82 bits per heavy atom. The van der Waals surface area contributed by atoms with E-state index in [1.54, 1.807) is 25.3 Å². The van der Waals surface area contributed by atoms with Crippen molar-refractivity contribution in [1.29, 1.82) is 5.26 Å². The Balaban J connectivity index is 1.38. The molecule has 1 amide bonds. The first-order valence-corrected chi connectivity index (χ1v) is 20.2. The maximum atomic E-state index is 16.4. The van der Waals surface area contributed by atoms with Crippen LogP contribution in [0, 0.1) is 24.2 Å². The van der Waals surface area contributed by atoms with Crippen molar-refractivity contribution in [2.24, 2.45) is 5.92 Å². The quantitative estimate of drug-likeness (QED) is 0.188. The molecule has 0 radical (unpaired) electrons. The lowest BCUT2D eigenvalue weighted by Gasteiger charge is -2.25. The number of rotatable bonds is 6. The van der Waals surface area contributed by atoms with Crippen LogP contribution in [-0.2, 0) is 68.9 Å². The molecular weight excluding hydrogens is 741 g/mol. The molecule has 0 aromatic carbocycles.